The lowest BCUT2D eigenvalue weighted by Crippen LogP contribution is -1.93. The molecule has 0 unspecified atom stereocenters. The van der Waals surface area contributed by atoms with Gasteiger partial charge in [0.1, 0.15) is 0 Å². The average molecular weight is 116 g/mol. The van der Waals surface area contributed by atoms with Gasteiger partial charge in [-0.15, -0.1) is 6.58 Å². The van der Waals surface area contributed by atoms with E-state index in [-0.39, 0.29) is 0 Å². The first kappa shape index (κ1) is 6.92. The number of ether oxygens (including phenoxy) is 1. The molecular formula is C5H12OSi. The fourth-order valence-electron chi connectivity index (χ4n) is 0.311. The Morgan fingerprint density at radius 3 is 2.86 bits per heavy atom. The van der Waals surface area contributed by atoms with Gasteiger partial charge in [0.2, 0.25) is 0 Å². The van der Waals surface area contributed by atoms with E-state index in [9.17, 15) is 0 Å². The van der Waals surface area contributed by atoms with Crippen LogP contribution in [0.15, 0.2) is 12.7 Å². The van der Waals surface area contributed by atoms with E-state index < -0.39 is 0 Å². The molecule has 0 saturated carbocycles. The third-order valence-electron chi connectivity index (χ3n) is 0.670. The average Bonchev–Trinajstić information content (AvgIpc) is 1.69. The molecule has 0 N–H and O–H groups in total. The van der Waals surface area contributed by atoms with Gasteiger partial charge in [-0.3, -0.25) is 0 Å². The molecular weight excluding hydrogens is 104 g/mol. The highest BCUT2D eigenvalue weighted by molar-refractivity contribution is 6.08. The Labute approximate surface area is 47.8 Å². The van der Waals surface area contributed by atoms with Gasteiger partial charge in [0.15, 0.2) is 0 Å². The molecule has 0 heterocycles. The van der Waals surface area contributed by atoms with Crippen molar-refractivity contribution >= 4 is 10.2 Å². The van der Waals surface area contributed by atoms with E-state index >= 15 is 0 Å². The third-order valence-corrected chi connectivity index (χ3v) is 1.08. The SMILES string of the molecule is C=CCCOC[SiH3]. The van der Waals surface area contributed by atoms with Crippen LogP contribution in [0.2, 0.25) is 0 Å². The van der Waals surface area contributed by atoms with Gasteiger partial charge in [-0.1, -0.05) is 6.08 Å². The molecule has 0 aromatic carbocycles. The van der Waals surface area contributed by atoms with Crippen LogP contribution in [0.5, 0.6) is 0 Å². The van der Waals surface area contributed by atoms with Crippen LogP contribution in [-0.2, 0) is 4.74 Å². The van der Waals surface area contributed by atoms with Gasteiger partial charge in [0.25, 0.3) is 0 Å². The molecule has 0 aliphatic heterocycles. The Bertz CT molecular complexity index is 45.3. The fourth-order valence-corrected chi connectivity index (χ4v) is 0.600. The van der Waals surface area contributed by atoms with E-state index in [0.29, 0.717) is 0 Å². The van der Waals surface area contributed by atoms with E-state index in [0.717, 1.165) is 29.5 Å². The van der Waals surface area contributed by atoms with Crippen LogP contribution in [0.1, 0.15) is 6.42 Å². The summed E-state index contributed by atoms with van der Waals surface area (Å²) in [7, 11) is 1.15. The number of hydrogen-bond donors (Lipinski definition) is 0. The Morgan fingerprint density at radius 1 is 1.71 bits per heavy atom. The molecule has 0 amide bonds. The van der Waals surface area contributed by atoms with E-state index in [1.54, 1.807) is 0 Å². The summed E-state index contributed by atoms with van der Waals surface area (Å²) in [6, 6.07) is 0. The van der Waals surface area contributed by atoms with Crippen LogP contribution < -0.4 is 0 Å². The molecule has 2 heteroatoms. The summed E-state index contributed by atoms with van der Waals surface area (Å²) in [5.74, 6) is 0. The Kier molecular flexibility index (Phi) is 5.85. The molecule has 7 heavy (non-hydrogen) atoms. The molecule has 0 bridgehead atoms. The maximum absolute atomic E-state index is 5.06. The van der Waals surface area contributed by atoms with E-state index in [1.807, 2.05) is 6.08 Å². The van der Waals surface area contributed by atoms with Crippen molar-refractivity contribution in [3.63, 3.8) is 0 Å². The monoisotopic (exact) mass is 116 g/mol. The van der Waals surface area contributed by atoms with E-state index in [1.165, 1.54) is 0 Å². The molecule has 0 rings (SSSR count). The lowest BCUT2D eigenvalue weighted by molar-refractivity contribution is 0.184. The van der Waals surface area contributed by atoms with Crippen LogP contribution in [0, 0.1) is 0 Å². The van der Waals surface area contributed by atoms with Crippen molar-refractivity contribution in [3.8, 4) is 0 Å². The highest BCUT2D eigenvalue weighted by atomic mass is 28.1. The van der Waals surface area contributed by atoms with Gasteiger partial charge in [-0.2, -0.15) is 0 Å². The Hall–Kier alpha value is -0.0831. The van der Waals surface area contributed by atoms with E-state index in [2.05, 4.69) is 6.58 Å². The molecule has 0 aromatic heterocycles. The topological polar surface area (TPSA) is 9.23 Å². The standard InChI is InChI=1S/C5H12OSi/c1-2-3-4-6-5-7/h2H,1,3-5H2,7H3. The summed E-state index contributed by atoms with van der Waals surface area (Å²) in [6.07, 6.45) is 3.81. The first-order valence-electron chi connectivity index (χ1n) is 2.60. The smallest absolute Gasteiger partial charge is 0.0495 e. The second kappa shape index (κ2) is 5.92. The minimum absolute atomic E-state index is 0.854. The summed E-state index contributed by atoms with van der Waals surface area (Å²) in [5.41, 5.74) is 0. The molecule has 0 spiro atoms. The minimum atomic E-state index is 0.854. The summed E-state index contributed by atoms with van der Waals surface area (Å²) >= 11 is 0. The predicted octanol–water partition coefficient (Wildman–Crippen LogP) is -0.0980. The van der Waals surface area contributed by atoms with Crippen molar-refractivity contribution in [2.75, 3.05) is 12.8 Å². The Balaban J connectivity index is 2.56. The minimum Gasteiger partial charge on any atom is -0.385 e. The summed E-state index contributed by atoms with van der Waals surface area (Å²) in [4.78, 5) is 0. The number of hydrogen-bond acceptors (Lipinski definition) is 1. The zero-order valence-corrected chi connectivity index (χ0v) is 6.81. The van der Waals surface area contributed by atoms with Gasteiger partial charge in [0.05, 0.1) is 0 Å². The number of rotatable bonds is 4. The van der Waals surface area contributed by atoms with Gasteiger partial charge in [0, 0.05) is 23.1 Å². The lowest BCUT2D eigenvalue weighted by Gasteiger charge is -1.92. The summed E-state index contributed by atoms with van der Waals surface area (Å²) in [6.45, 7) is 4.42. The van der Waals surface area contributed by atoms with Crippen molar-refractivity contribution < 1.29 is 4.74 Å². The van der Waals surface area contributed by atoms with Crippen molar-refractivity contribution in [2.45, 2.75) is 6.42 Å². The molecule has 0 fully saturated rings. The lowest BCUT2D eigenvalue weighted by atomic mass is 10.5. The second-order valence-corrected chi connectivity index (χ2v) is 1.85. The second-order valence-electron chi connectivity index (χ2n) is 1.27. The normalized spacial score (nSPS) is 9.14. The first-order chi connectivity index (χ1) is 3.41. The maximum atomic E-state index is 5.06. The Morgan fingerprint density at radius 2 is 2.43 bits per heavy atom. The van der Waals surface area contributed by atoms with Crippen LogP contribution in [0.3, 0.4) is 0 Å². The maximum Gasteiger partial charge on any atom is 0.0495 e. The van der Waals surface area contributed by atoms with Crippen LogP contribution in [0.25, 0.3) is 0 Å². The van der Waals surface area contributed by atoms with E-state index in [4.69, 9.17) is 4.74 Å². The van der Waals surface area contributed by atoms with Crippen molar-refractivity contribution in [1.82, 2.24) is 0 Å². The highest BCUT2D eigenvalue weighted by Gasteiger charge is 1.75. The summed E-state index contributed by atoms with van der Waals surface area (Å²) in [5, 5.41) is 0. The van der Waals surface area contributed by atoms with Crippen LogP contribution in [0.4, 0.5) is 0 Å². The molecule has 0 aromatic rings. The molecule has 0 aliphatic carbocycles. The van der Waals surface area contributed by atoms with Crippen molar-refractivity contribution in [3.05, 3.63) is 12.7 Å². The van der Waals surface area contributed by atoms with Crippen LogP contribution in [-0.4, -0.2) is 23.1 Å². The predicted molar refractivity (Wildman–Crippen MR) is 35.6 cm³/mol. The largest absolute Gasteiger partial charge is 0.385 e. The third kappa shape index (κ3) is 5.92. The first-order valence-corrected chi connectivity index (χ1v) is 4.02. The highest BCUT2D eigenvalue weighted by Crippen LogP contribution is 1.78. The van der Waals surface area contributed by atoms with Gasteiger partial charge in [-0.05, 0) is 6.42 Å². The summed E-state index contributed by atoms with van der Waals surface area (Å²) < 4.78 is 5.06. The van der Waals surface area contributed by atoms with Gasteiger partial charge < -0.3 is 4.74 Å². The molecule has 0 aliphatic rings. The molecule has 0 atom stereocenters. The zero-order valence-electron chi connectivity index (χ0n) is 4.81. The molecule has 0 saturated heterocycles. The molecule has 1 nitrogen and oxygen atoms in total. The van der Waals surface area contributed by atoms with Gasteiger partial charge >= 0.3 is 0 Å². The van der Waals surface area contributed by atoms with Crippen LogP contribution >= 0.6 is 0 Å². The quantitative estimate of drug-likeness (QED) is 0.283. The zero-order chi connectivity index (χ0) is 5.54. The fraction of sp³-hybridized carbons (Fsp3) is 0.600. The van der Waals surface area contributed by atoms with Crippen molar-refractivity contribution in [1.29, 1.82) is 0 Å². The molecule has 0 radical (unpaired) electrons. The molecule has 42 valence electrons. The van der Waals surface area contributed by atoms with Crippen molar-refractivity contribution in [2.24, 2.45) is 0 Å². The van der Waals surface area contributed by atoms with Gasteiger partial charge in [-0.25, -0.2) is 0 Å².